The predicted molar refractivity (Wildman–Crippen MR) is 81.1 cm³/mol. The maximum absolute atomic E-state index is 12.5. The summed E-state index contributed by atoms with van der Waals surface area (Å²) in [6.07, 6.45) is 0.630. The van der Waals surface area contributed by atoms with Crippen LogP contribution in [0.3, 0.4) is 0 Å². The molecule has 0 aliphatic heterocycles. The molecule has 0 heterocycles. The topological polar surface area (TPSA) is 61.2 Å². The Labute approximate surface area is 125 Å². The second kappa shape index (κ2) is 6.53. The second-order valence-electron chi connectivity index (χ2n) is 4.67. The first-order chi connectivity index (χ1) is 10.1. The fourth-order valence-electron chi connectivity index (χ4n) is 2.00. The molecule has 5 heteroatoms. The van der Waals surface area contributed by atoms with Gasteiger partial charge in [0.1, 0.15) is 6.07 Å². The van der Waals surface area contributed by atoms with E-state index in [1.807, 2.05) is 36.4 Å². The molecule has 2 aromatic carbocycles. The molecule has 108 valence electrons. The highest BCUT2D eigenvalue weighted by atomic mass is 32.2. The third-order valence-corrected chi connectivity index (χ3v) is 5.17. The molecule has 4 nitrogen and oxygen atoms in total. The Bertz CT molecular complexity index is 749. The molecule has 0 radical (unpaired) electrons. The van der Waals surface area contributed by atoms with Crippen molar-refractivity contribution < 1.29 is 8.42 Å². The van der Waals surface area contributed by atoms with E-state index in [4.69, 9.17) is 5.26 Å². The van der Waals surface area contributed by atoms with Crippen LogP contribution < -0.4 is 0 Å². The van der Waals surface area contributed by atoms with Gasteiger partial charge >= 0.3 is 0 Å². The number of nitriles is 1. The standard InChI is InChI=1S/C16H16N2O2S/c1-18(12-11-14-7-3-2-4-8-14)21(19,20)16-10-6-5-9-15(16)13-17/h2-10H,11-12H2,1H3. The van der Waals surface area contributed by atoms with Crippen LogP contribution in [0.25, 0.3) is 0 Å². The van der Waals surface area contributed by atoms with Crippen molar-refractivity contribution in [2.75, 3.05) is 13.6 Å². The first-order valence-corrected chi connectivity index (χ1v) is 7.99. The van der Waals surface area contributed by atoms with E-state index in [1.165, 1.54) is 23.5 Å². The lowest BCUT2D eigenvalue weighted by molar-refractivity contribution is 0.472. The highest BCUT2D eigenvalue weighted by Gasteiger charge is 2.23. The van der Waals surface area contributed by atoms with Gasteiger partial charge in [-0.3, -0.25) is 0 Å². The molecule has 0 bridgehead atoms. The molecule has 0 unspecified atom stereocenters. The Morgan fingerprint density at radius 2 is 1.67 bits per heavy atom. The summed E-state index contributed by atoms with van der Waals surface area (Å²) >= 11 is 0. The largest absolute Gasteiger partial charge is 0.244 e. The predicted octanol–water partition coefficient (Wildman–Crippen LogP) is 2.42. The van der Waals surface area contributed by atoms with Crippen molar-refractivity contribution >= 4 is 10.0 Å². The van der Waals surface area contributed by atoms with Gasteiger partial charge in [-0.25, -0.2) is 12.7 Å². The van der Waals surface area contributed by atoms with E-state index >= 15 is 0 Å². The fraction of sp³-hybridized carbons (Fsp3) is 0.188. The zero-order valence-electron chi connectivity index (χ0n) is 11.7. The van der Waals surface area contributed by atoms with Gasteiger partial charge in [0.25, 0.3) is 0 Å². The number of hydrogen-bond acceptors (Lipinski definition) is 3. The van der Waals surface area contributed by atoms with Crippen LogP contribution in [0.5, 0.6) is 0 Å². The van der Waals surface area contributed by atoms with E-state index in [9.17, 15) is 8.42 Å². The minimum atomic E-state index is -3.64. The summed E-state index contributed by atoms with van der Waals surface area (Å²) in [5.74, 6) is 0. The lowest BCUT2D eigenvalue weighted by Crippen LogP contribution is -2.29. The molecule has 0 saturated heterocycles. The Balaban J connectivity index is 2.18. The minimum Gasteiger partial charge on any atom is -0.207 e. The molecule has 0 spiro atoms. The normalized spacial score (nSPS) is 11.3. The molecule has 0 aliphatic carbocycles. The van der Waals surface area contributed by atoms with Crippen molar-refractivity contribution in [3.05, 3.63) is 65.7 Å². The van der Waals surface area contributed by atoms with Gasteiger partial charge in [0, 0.05) is 13.6 Å². The Morgan fingerprint density at radius 1 is 1.05 bits per heavy atom. The van der Waals surface area contributed by atoms with E-state index in [2.05, 4.69) is 0 Å². The van der Waals surface area contributed by atoms with Crippen LogP contribution in [0.2, 0.25) is 0 Å². The molecule has 0 amide bonds. The lowest BCUT2D eigenvalue weighted by atomic mass is 10.2. The smallest absolute Gasteiger partial charge is 0.207 e. The van der Waals surface area contributed by atoms with Gasteiger partial charge in [0.15, 0.2) is 0 Å². The third kappa shape index (κ3) is 3.48. The van der Waals surface area contributed by atoms with Gasteiger partial charge in [-0.2, -0.15) is 5.26 Å². The molecule has 2 rings (SSSR count). The summed E-state index contributed by atoms with van der Waals surface area (Å²) < 4.78 is 26.3. The van der Waals surface area contributed by atoms with E-state index in [1.54, 1.807) is 12.1 Å². The maximum Gasteiger partial charge on any atom is 0.244 e. The van der Waals surface area contributed by atoms with Crippen LogP contribution in [0.1, 0.15) is 11.1 Å². The van der Waals surface area contributed by atoms with E-state index in [-0.39, 0.29) is 10.5 Å². The van der Waals surface area contributed by atoms with Crippen molar-refractivity contribution in [1.29, 1.82) is 5.26 Å². The van der Waals surface area contributed by atoms with E-state index in [0.29, 0.717) is 13.0 Å². The number of sulfonamides is 1. The van der Waals surface area contributed by atoms with Crippen molar-refractivity contribution in [3.8, 4) is 6.07 Å². The van der Waals surface area contributed by atoms with Crippen molar-refractivity contribution in [1.82, 2.24) is 4.31 Å². The number of rotatable bonds is 5. The van der Waals surface area contributed by atoms with Gasteiger partial charge in [-0.1, -0.05) is 42.5 Å². The molecule has 0 saturated carbocycles. The second-order valence-corrected chi connectivity index (χ2v) is 6.68. The van der Waals surface area contributed by atoms with Crippen LogP contribution in [-0.2, 0) is 16.4 Å². The summed E-state index contributed by atoms with van der Waals surface area (Å²) in [6.45, 7) is 0.367. The van der Waals surface area contributed by atoms with Crippen LogP contribution in [-0.4, -0.2) is 26.3 Å². The zero-order valence-corrected chi connectivity index (χ0v) is 12.5. The average molecular weight is 300 g/mol. The van der Waals surface area contributed by atoms with Crippen LogP contribution in [0, 0.1) is 11.3 Å². The Kier molecular flexibility index (Phi) is 4.73. The highest BCUT2D eigenvalue weighted by Crippen LogP contribution is 2.18. The number of benzene rings is 2. The van der Waals surface area contributed by atoms with Gasteiger partial charge < -0.3 is 0 Å². The number of nitrogens with zero attached hydrogens (tertiary/aromatic N) is 2. The molecule has 0 fully saturated rings. The van der Waals surface area contributed by atoms with Crippen molar-refractivity contribution in [2.45, 2.75) is 11.3 Å². The van der Waals surface area contributed by atoms with Crippen molar-refractivity contribution in [2.24, 2.45) is 0 Å². The molecule has 0 N–H and O–H groups in total. The summed E-state index contributed by atoms with van der Waals surface area (Å²) in [5.41, 5.74) is 1.25. The van der Waals surface area contributed by atoms with Crippen LogP contribution in [0.15, 0.2) is 59.5 Å². The summed E-state index contributed by atoms with van der Waals surface area (Å²) in [7, 11) is -2.11. The van der Waals surface area contributed by atoms with Crippen LogP contribution >= 0.6 is 0 Å². The fourth-order valence-corrected chi connectivity index (χ4v) is 3.31. The molecular formula is C16H16N2O2S. The molecule has 21 heavy (non-hydrogen) atoms. The quantitative estimate of drug-likeness (QED) is 0.852. The Hall–Kier alpha value is -2.16. The molecule has 0 atom stereocenters. The average Bonchev–Trinajstić information content (AvgIpc) is 2.53. The highest BCUT2D eigenvalue weighted by molar-refractivity contribution is 7.89. The molecule has 0 aromatic heterocycles. The molecular weight excluding hydrogens is 284 g/mol. The van der Waals surface area contributed by atoms with Crippen LogP contribution in [0.4, 0.5) is 0 Å². The minimum absolute atomic E-state index is 0.0584. The first kappa shape index (κ1) is 15.2. The SMILES string of the molecule is CN(CCc1ccccc1)S(=O)(=O)c1ccccc1C#N. The summed E-state index contributed by atoms with van der Waals surface area (Å²) in [6, 6.07) is 17.9. The first-order valence-electron chi connectivity index (χ1n) is 6.55. The zero-order chi connectivity index (χ0) is 15.3. The maximum atomic E-state index is 12.5. The number of hydrogen-bond donors (Lipinski definition) is 0. The number of likely N-dealkylation sites (N-methyl/N-ethyl adjacent to an activating group) is 1. The third-order valence-electron chi connectivity index (χ3n) is 3.25. The Morgan fingerprint density at radius 3 is 2.33 bits per heavy atom. The summed E-state index contributed by atoms with van der Waals surface area (Å²) in [5, 5.41) is 9.04. The van der Waals surface area contributed by atoms with Crippen molar-refractivity contribution in [3.63, 3.8) is 0 Å². The van der Waals surface area contributed by atoms with Gasteiger partial charge in [-0.15, -0.1) is 0 Å². The van der Waals surface area contributed by atoms with Gasteiger partial charge in [0.05, 0.1) is 10.5 Å². The molecule has 0 aliphatic rings. The van der Waals surface area contributed by atoms with E-state index < -0.39 is 10.0 Å². The molecule has 2 aromatic rings. The summed E-state index contributed by atoms with van der Waals surface area (Å²) in [4.78, 5) is 0.0584. The van der Waals surface area contributed by atoms with Gasteiger partial charge in [-0.05, 0) is 24.1 Å². The van der Waals surface area contributed by atoms with Gasteiger partial charge in [0.2, 0.25) is 10.0 Å². The van der Waals surface area contributed by atoms with E-state index in [0.717, 1.165) is 5.56 Å². The lowest BCUT2D eigenvalue weighted by Gasteiger charge is -2.17. The monoisotopic (exact) mass is 300 g/mol.